The Morgan fingerprint density at radius 3 is 2.71 bits per heavy atom. The summed E-state index contributed by atoms with van der Waals surface area (Å²) in [5.74, 6) is 1.07. The van der Waals surface area contributed by atoms with Gasteiger partial charge < -0.3 is 10.2 Å². The van der Waals surface area contributed by atoms with Crippen LogP contribution in [-0.2, 0) is 6.54 Å². The Morgan fingerprint density at radius 2 is 2.14 bits per heavy atom. The van der Waals surface area contributed by atoms with Crippen molar-refractivity contribution in [3.8, 4) is 0 Å². The molecule has 0 aliphatic heterocycles. The molecule has 0 amide bonds. The number of thioether (sulfide) groups is 1. The molecule has 1 heterocycles. The van der Waals surface area contributed by atoms with E-state index >= 15 is 0 Å². The fourth-order valence-corrected chi connectivity index (χ4v) is 3.46. The molecule has 0 saturated heterocycles. The molecule has 6 heteroatoms. The van der Waals surface area contributed by atoms with Crippen LogP contribution < -0.4 is 5.32 Å². The summed E-state index contributed by atoms with van der Waals surface area (Å²) in [6.45, 7) is 9.66. The Bertz CT molecular complexity index is 406. The number of hydrogen-bond donors (Lipinski definition) is 1. The van der Waals surface area contributed by atoms with Crippen molar-refractivity contribution in [3.05, 3.63) is 16.4 Å². The highest BCUT2D eigenvalue weighted by molar-refractivity contribution is 9.10. The predicted octanol–water partition coefficient (Wildman–Crippen LogP) is 3.39. The maximum atomic E-state index is 4.54. The lowest BCUT2D eigenvalue weighted by Gasteiger charge is -2.22. The van der Waals surface area contributed by atoms with Crippen molar-refractivity contribution in [1.29, 1.82) is 0 Å². The number of halogens is 1. The quantitative estimate of drug-likeness (QED) is 0.678. The summed E-state index contributed by atoms with van der Waals surface area (Å²) in [4.78, 5) is 2.19. The maximum absolute atomic E-state index is 4.54. The Kier molecular flexibility index (Phi) is 8.94. The minimum Gasteiger partial charge on any atom is -0.308 e. The van der Waals surface area contributed by atoms with Gasteiger partial charge in [0.2, 0.25) is 0 Å². The highest BCUT2D eigenvalue weighted by Crippen LogP contribution is 2.27. The molecule has 0 bridgehead atoms. The first-order valence-corrected chi connectivity index (χ1v) is 9.50. The minimum absolute atomic E-state index is 0.344. The summed E-state index contributed by atoms with van der Waals surface area (Å²) in [6, 6.07) is 0.344. The van der Waals surface area contributed by atoms with E-state index in [1.54, 1.807) is 0 Å². The van der Waals surface area contributed by atoms with E-state index in [0.717, 1.165) is 36.3 Å². The zero-order valence-electron chi connectivity index (χ0n) is 13.9. The van der Waals surface area contributed by atoms with Gasteiger partial charge in [0.05, 0.1) is 29.0 Å². The topological polar surface area (TPSA) is 33.1 Å². The molecule has 1 N–H and O–H groups in total. The Balaban J connectivity index is 2.85. The molecule has 1 atom stereocenters. The number of rotatable bonds is 10. The van der Waals surface area contributed by atoms with Gasteiger partial charge in [-0.05, 0) is 48.2 Å². The molecule has 0 aromatic carbocycles. The summed E-state index contributed by atoms with van der Waals surface area (Å²) >= 11 is 5.67. The van der Waals surface area contributed by atoms with E-state index in [4.69, 9.17) is 0 Å². The van der Waals surface area contributed by atoms with E-state index in [0.29, 0.717) is 11.3 Å². The van der Waals surface area contributed by atoms with Crippen molar-refractivity contribution < 1.29 is 0 Å². The molecule has 0 aliphatic carbocycles. The summed E-state index contributed by atoms with van der Waals surface area (Å²) < 4.78 is 3.25. The molecule has 0 aliphatic rings. The van der Waals surface area contributed by atoms with Gasteiger partial charge in [0, 0.05) is 12.3 Å². The highest BCUT2D eigenvalue weighted by atomic mass is 79.9. The normalized spacial score (nSPS) is 13.3. The van der Waals surface area contributed by atoms with Crippen LogP contribution in [0.15, 0.2) is 10.7 Å². The highest BCUT2D eigenvalue weighted by Gasteiger charge is 2.20. The lowest BCUT2D eigenvalue weighted by Crippen LogP contribution is -2.29. The molecule has 0 spiro atoms. The first-order chi connectivity index (χ1) is 9.95. The van der Waals surface area contributed by atoms with Crippen LogP contribution in [0.2, 0.25) is 0 Å². The van der Waals surface area contributed by atoms with Gasteiger partial charge in [-0.3, -0.25) is 4.68 Å². The van der Waals surface area contributed by atoms with E-state index in [1.807, 2.05) is 18.0 Å². The van der Waals surface area contributed by atoms with E-state index < -0.39 is 0 Å². The smallest absolute Gasteiger partial charge is 0.0704 e. The molecule has 1 aromatic rings. The SMILES string of the molecule is CCCNC(CSC(C)C)c1c(Br)cnn1CCN(C)C. The number of likely N-dealkylation sites (N-methyl/N-ethyl adjacent to an activating group) is 1. The molecular weight excluding hydrogens is 348 g/mol. The van der Waals surface area contributed by atoms with Crippen LogP contribution in [0.5, 0.6) is 0 Å². The Morgan fingerprint density at radius 1 is 1.43 bits per heavy atom. The standard InChI is InChI=1S/C15H29BrN4S/c1-6-7-17-14(11-21-12(2)3)15-13(16)10-18-20(15)9-8-19(4)5/h10,12,14,17H,6-9,11H2,1-5H3. The van der Waals surface area contributed by atoms with Crippen molar-refractivity contribution in [3.63, 3.8) is 0 Å². The number of hydrogen-bond acceptors (Lipinski definition) is 4. The zero-order chi connectivity index (χ0) is 15.8. The average molecular weight is 377 g/mol. The molecule has 1 unspecified atom stereocenters. The molecule has 4 nitrogen and oxygen atoms in total. The molecule has 0 radical (unpaired) electrons. The third kappa shape index (κ3) is 6.72. The predicted molar refractivity (Wildman–Crippen MR) is 97.1 cm³/mol. The van der Waals surface area contributed by atoms with Gasteiger partial charge in [0.1, 0.15) is 0 Å². The van der Waals surface area contributed by atoms with Crippen LogP contribution in [0.4, 0.5) is 0 Å². The Labute approximate surface area is 142 Å². The van der Waals surface area contributed by atoms with E-state index in [2.05, 4.69) is 70.8 Å². The number of nitrogens with zero attached hydrogens (tertiary/aromatic N) is 3. The zero-order valence-corrected chi connectivity index (χ0v) is 16.3. The molecule has 122 valence electrons. The number of aromatic nitrogens is 2. The minimum atomic E-state index is 0.344. The van der Waals surface area contributed by atoms with E-state index in [-0.39, 0.29) is 0 Å². The third-order valence-electron chi connectivity index (χ3n) is 3.16. The van der Waals surface area contributed by atoms with Crippen LogP contribution in [0.3, 0.4) is 0 Å². The van der Waals surface area contributed by atoms with Crippen LogP contribution in [0, 0.1) is 0 Å². The van der Waals surface area contributed by atoms with Crippen molar-refractivity contribution in [2.45, 2.75) is 45.0 Å². The molecule has 1 aromatic heterocycles. The lowest BCUT2D eigenvalue weighted by atomic mass is 10.2. The monoisotopic (exact) mass is 376 g/mol. The molecule has 21 heavy (non-hydrogen) atoms. The van der Waals surface area contributed by atoms with Gasteiger partial charge >= 0.3 is 0 Å². The second kappa shape index (κ2) is 9.87. The summed E-state index contributed by atoms with van der Waals surface area (Å²) in [5.41, 5.74) is 1.28. The summed E-state index contributed by atoms with van der Waals surface area (Å²) in [6.07, 6.45) is 3.07. The summed E-state index contributed by atoms with van der Waals surface area (Å²) in [7, 11) is 4.19. The second-order valence-corrected chi connectivity index (χ2v) is 8.26. The van der Waals surface area contributed by atoms with Crippen molar-refractivity contribution in [2.24, 2.45) is 0 Å². The van der Waals surface area contributed by atoms with Crippen molar-refractivity contribution in [1.82, 2.24) is 20.0 Å². The molecule has 1 rings (SSSR count). The third-order valence-corrected chi connectivity index (χ3v) is 4.96. The van der Waals surface area contributed by atoms with Gasteiger partial charge in [-0.2, -0.15) is 16.9 Å². The molecule has 0 fully saturated rings. The van der Waals surface area contributed by atoms with Gasteiger partial charge in [-0.25, -0.2) is 0 Å². The first kappa shape index (κ1) is 19.0. The largest absolute Gasteiger partial charge is 0.308 e. The van der Waals surface area contributed by atoms with Crippen LogP contribution in [0.25, 0.3) is 0 Å². The van der Waals surface area contributed by atoms with Crippen LogP contribution >= 0.6 is 27.7 Å². The second-order valence-electron chi connectivity index (χ2n) is 5.79. The van der Waals surface area contributed by atoms with Crippen molar-refractivity contribution >= 4 is 27.7 Å². The van der Waals surface area contributed by atoms with Gasteiger partial charge in [-0.15, -0.1) is 0 Å². The van der Waals surface area contributed by atoms with Crippen LogP contribution in [-0.4, -0.2) is 52.9 Å². The van der Waals surface area contributed by atoms with Crippen LogP contribution in [0.1, 0.15) is 38.9 Å². The first-order valence-electron chi connectivity index (χ1n) is 7.66. The van der Waals surface area contributed by atoms with E-state index in [1.165, 1.54) is 5.69 Å². The summed E-state index contributed by atoms with van der Waals surface area (Å²) in [5, 5.41) is 8.85. The van der Waals surface area contributed by atoms with E-state index in [9.17, 15) is 0 Å². The molecular formula is C15H29BrN4S. The maximum Gasteiger partial charge on any atom is 0.0704 e. The number of nitrogens with one attached hydrogen (secondary N) is 1. The van der Waals surface area contributed by atoms with Gasteiger partial charge in [0.25, 0.3) is 0 Å². The van der Waals surface area contributed by atoms with Gasteiger partial charge in [0.15, 0.2) is 0 Å². The Hall–Kier alpha value is -0.0400. The van der Waals surface area contributed by atoms with Gasteiger partial charge in [-0.1, -0.05) is 20.8 Å². The fourth-order valence-electron chi connectivity index (χ4n) is 2.03. The lowest BCUT2D eigenvalue weighted by molar-refractivity contribution is 0.364. The van der Waals surface area contributed by atoms with Crippen molar-refractivity contribution in [2.75, 3.05) is 32.9 Å². The fraction of sp³-hybridized carbons (Fsp3) is 0.800. The molecule has 0 saturated carbocycles. The average Bonchev–Trinajstić information content (AvgIpc) is 2.78.